The van der Waals surface area contributed by atoms with Crippen LogP contribution >= 0.6 is 23.1 Å². The number of H-pyrrole nitrogens is 1. The summed E-state index contributed by atoms with van der Waals surface area (Å²) in [6.07, 6.45) is 5.24. The molecule has 0 bridgehead atoms. The first-order valence-corrected chi connectivity index (χ1v) is 11.0. The Morgan fingerprint density at radius 1 is 1.33 bits per heavy atom. The highest BCUT2D eigenvalue weighted by molar-refractivity contribution is 7.99. The molecule has 2 aromatic heterocycles. The van der Waals surface area contributed by atoms with Crippen molar-refractivity contribution in [1.29, 1.82) is 0 Å². The normalized spacial score (nSPS) is 13.5. The lowest BCUT2D eigenvalue weighted by Gasteiger charge is -2.09. The van der Waals surface area contributed by atoms with Crippen molar-refractivity contribution in [2.24, 2.45) is 0 Å². The Hall–Kier alpha value is -2.12. The molecule has 2 N–H and O–H groups in total. The third kappa shape index (κ3) is 3.94. The number of aryl methyl sites for hydroxylation is 3. The lowest BCUT2D eigenvalue weighted by Crippen LogP contribution is -2.15. The molecule has 0 saturated heterocycles. The summed E-state index contributed by atoms with van der Waals surface area (Å²) in [7, 11) is 0. The molecular formula is C20H21N3O2S2. The van der Waals surface area contributed by atoms with E-state index >= 15 is 0 Å². The molecular weight excluding hydrogens is 378 g/mol. The van der Waals surface area contributed by atoms with Gasteiger partial charge in [0.25, 0.3) is 5.56 Å². The van der Waals surface area contributed by atoms with Gasteiger partial charge in [-0.2, -0.15) is 0 Å². The highest BCUT2D eigenvalue weighted by Gasteiger charge is 2.20. The van der Waals surface area contributed by atoms with Crippen LogP contribution in [0.3, 0.4) is 0 Å². The molecule has 27 heavy (non-hydrogen) atoms. The zero-order valence-corrected chi connectivity index (χ0v) is 16.8. The third-order valence-corrected chi connectivity index (χ3v) is 6.82. The number of thiophene rings is 1. The maximum Gasteiger partial charge on any atom is 0.260 e. The number of amides is 1. The standard InChI is InChI=1S/C20H21N3O2S2/c1-2-12-6-5-7-13(10-12)21-16(24)11-26-20-22-18(25)17-14-8-3-4-9-15(14)27-19(17)23-20/h5-7,10H,2-4,8-9,11H2,1H3,(H,21,24)(H,22,23,25). The minimum Gasteiger partial charge on any atom is -0.325 e. The van der Waals surface area contributed by atoms with E-state index in [9.17, 15) is 9.59 Å². The number of hydrogen-bond donors (Lipinski definition) is 2. The van der Waals surface area contributed by atoms with Gasteiger partial charge in [-0.3, -0.25) is 9.59 Å². The molecule has 1 amide bonds. The van der Waals surface area contributed by atoms with Gasteiger partial charge in [-0.05, 0) is 55.4 Å². The average Bonchev–Trinajstić information content (AvgIpc) is 3.05. The molecule has 0 fully saturated rings. The van der Waals surface area contributed by atoms with Crippen LogP contribution < -0.4 is 10.9 Å². The van der Waals surface area contributed by atoms with Gasteiger partial charge < -0.3 is 10.3 Å². The summed E-state index contributed by atoms with van der Waals surface area (Å²) in [5, 5.41) is 4.15. The van der Waals surface area contributed by atoms with E-state index in [1.165, 1.54) is 34.2 Å². The van der Waals surface area contributed by atoms with Gasteiger partial charge in [0.15, 0.2) is 5.16 Å². The maximum atomic E-state index is 12.5. The number of aromatic nitrogens is 2. The molecule has 140 valence electrons. The summed E-state index contributed by atoms with van der Waals surface area (Å²) in [6.45, 7) is 2.08. The summed E-state index contributed by atoms with van der Waals surface area (Å²) in [5.41, 5.74) is 3.07. The number of anilines is 1. The monoisotopic (exact) mass is 399 g/mol. The number of rotatable bonds is 5. The smallest absolute Gasteiger partial charge is 0.260 e. The Bertz CT molecular complexity index is 1060. The third-order valence-electron chi connectivity index (χ3n) is 4.76. The number of aromatic amines is 1. The highest BCUT2D eigenvalue weighted by Crippen LogP contribution is 2.34. The lowest BCUT2D eigenvalue weighted by atomic mass is 9.97. The first-order valence-electron chi connectivity index (χ1n) is 9.20. The van der Waals surface area contributed by atoms with Crippen LogP contribution in [0, 0.1) is 0 Å². The van der Waals surface area contributed by atoms with Gasteiger partial charge in [0, 0.05) is 10.6 Å². The SMILES string of the molecule is CCc1cccc(NC(=O)CSc2nc3sc4c(c3c(=O)[nH]2)CCCC4)c1. The van der Waals surface area contributed by atoms with E-state index in [4.69, 9.17) is 0 Å². The minimum absolute atomic E-state index is 0.0852. The quantitative estimate of drug-likeness (QED) is 0.499. The van der Waals surface area contributed by atoms with E-state index in [1.807, 2.05) is 24.3 Å². The second kappa shape index (κ2) is 7.86. The first-order chi connectivity index (χ1) is 13.1. The van der Waals surface area contributed by atoms with Crippen LogP contribution in [0.25, 0.3) is 10.2 Å². The highest BCUT2D eigenvalue weighted by atomic mass is 32.2. The van der Waals surface area contributed by atoms with Crippen molar-refractivity contribution < 1.29 is 4.79 Å². The van der Waals surface area contributed by atoms with Crippen LogP contribution in [0.4, 0.5) is 5.69 Å². The summed E-state index contributed by atoms with van der Waals surface area (Å²) in [6, 6.07) is 7.83. The number of hydrogen-bond acceptors (Lipinski definition) is 5. The summed E-state index contributed by atoms with van der Waals surface area (Å²) < 4.78 is 0. The Kier molecular flexibility index (Phi) is 5.31. The van der Waals surface area contributed by atoms with Crippen molar-refractivity contribution in [2.45, 2.75) is 44.2 Å². The number of nitrogens with one attached hydrogen (secondary N) is 2. The molecule has 3 aromatic rings. The molecule has 1 aromatic carbocycles. The molecule has 0 aliphatic heterocycles. The van der Waals surface area contributed by atoms with E-state index in [1.54, 1.807) is 11.3 Å². The molecule has 0 atom stereocenters. The molecule has 0 saturated carbocycles. The minimum atomic E-state index is -0.110. The average molecular weight is 400 g/mol. The van der Waals surface area contributed by atoms with Gasteiger partial charge in [0.05, 0.1) is 11.1 Å². The molecule has 4 rings (SSSR count). The van der Waals surface area contributed by atoms with Crippen LogP contribution in [0.2, 0.25) is 0 Å². The maximum absolute atomic E-state index is 12.5. The van der Waals surface area contributed by atoms with Gasteiger partial charge in [0.1, 0.15) is 4.83 Å². The van der Waals surface area contributed by atoms with Crippen LogP contribution in [0.15, 0.2) is 34.2 Å². The number of benzene rings is 1. The van der Waals surface area contributed by atoms with Crippen molar-refractivity contribution in [3.8, 4) is 0 Å². The van der Waals surface area contributed by atoms with Gasteiger partial charge in [-0.15, -0.1) is 11.3 Å². The van der Waals surface area contributed by atoms with Crippen LogP contribution in [0.1, 0.15) is 35.8 Å². The van der Waals surface area contributed by atoms with Crippen molar-refractivity contribution in [2.75, 3.05) is 11.1 Å². The number of carbonyl (C=O) groups is 1. The molecule has 5 nitrogen and oxygen atoms in total. The lowest BCUT2D eigenvalue weighted by molar-refractivity contribution is -0.113. The zero-order chi connectivity index (χ0) is 18.8. The summed E-state index contributed by atoms with van der Waals surface area (Å²) in [5.74, 6) is 0.0945. The van der Waals surface area contributed by atoms with Crippen LogP contribution in [-0.2, 0) is 24.1 Å². The molecule has 0 radical (unpaired) electrons. The van der Waals surface area contributed by atoms with Crippen LogP contribution in [-0.4, -0.2) is 21.6 Å². The van der Waals surface area contributed by atoms with Crippen LogP contribution in [0.5, 0.6) is 0 Å². The van der Waals surface area contributed by atoms with Gasteiger partial charge in [-0.25, -0.2) is 4.98 Å². The molecule has 2 heterocycles. The fourth-order valence-corrected chi connectivity index (χ4v) is 5.39. The predicted octanol–water partition coefficient (Wildman–Crippen LogP) is 4.16. The number of carbonyl (C=O) groups excluding carboxylic acids is 1. The van der Waals surface area contributed by atoms with Gasteiger partial charge in [0.2, 0.25) is 5.91 Å². The van der Waals surface area contributed by atoms with Crippen molar-refractivity contribution in [1.82, 2.24) is 9.97 Å². The van der Waals surface area contributed by atoms with E-state index in [0.29, 0.717) is 5.16 Å². The van der Waals surface area contributed by atoms with E-state index < -0.39 is 0 Å². The number of nitrogens with zero attached hydrogens (tertiary/aromatic N) is 1. The summed E-state index contributed by atoms with van der Waals surface area (Å²) >= 11 is 2.88. The molecule has 0 unspecified atom stereocenters. The number of thioether (sulfide) groups is 1. The Labute approximate surface area is 165 Å². The van der Waals surface area contributed by atoms with E-state index in [2.05, 4.69) is 22.2 Å². The predicted molar refractivity (Wildman–Crippen MR) is 112 cm³/mol. The fourth-order valence-electron chi connectivity index (χ4n) is 3.41. The molecule has 7 heteroatoms. The van der Waals surface area contributed by atoms with Gasteiger partial charge >= 0.3 is 0 Å². The van der Waals surface area contributed by atoms with Crippen molar-refractivity contribution in [3.63, 3.8) is 0 Å². The Morgan fingerprint density at radius 3 is 3.04 bits per heavy atom. The Morgan fingerprint density at radius 2 is 2.19 bits per heavy atom. The van der Waals surface area contributed by atoms with E-state index in [-0.39, 0.29) is 17.2 Å². The first kappa shape index (κ1) is 18.3. The van der Waals surface area contributed by atoms with E-state index in [0.717, 1.165) is 41.6 Å². The second-order valence-corrected chi connectivity index (χ2v) is 8.70. The van der Waals surface area contributed by atoms with Crippen molar-refractivity contribution >= 4 is 44.9 Å². The van der Waals surface area contributed by atoms with Gasteiger partial charge in [-0.1, -0.05) is 30.8 Å². The number of fused-ring (bicyclic) bond motifs is 3. The molecule has 1 aliphatic rings. The second-order valence-electron chi connectivity index (χ2n) is 6.65. The fraction of sp³-hybridized carbons (Fsp3) is 0.350. The summed E-state index contributed by atoms with van der Waals surface area (Å²) in [4.78, 5) is 34.3. The molecule has 1 aliphatic carbocycles. The molecule has 0 spiro atoms. The van der Waals surface area contributed by atoms with Crippen molar-refractivity contribution in [3.05, 3.63) is 50.6 Å². The largest absolute Gasteiger partial charge is 0.325 e. The topological polar surface area (TPSA) is 74.8 Å². The zero-order valence-electron chi connectivity index (χ0n) is 15.1. The Balaban J connectivity index is 1.47.